The molecule has 0 spiro atoms. The Hall–Kier alpha value is -1.49. The minimum Gasteiger partial charge on any atom is -0.330 e. The van der Waals surface area contributed by atoms with E-state index in [9.17, 15) is 0 Å². The molecule has 0 aliphatic carbocycles. The number of imidazole rings is 1. The molecular weight excluding hydrogens is 190 g/mol. The lowest BCUT2D eigenvalue weighted by molar-refractivity contribution is 0.497. The van der Waals surface area contributed by atoms with Crippen molar-refractivity contribution in [3.8, 4) is 0 Å². The highest BCUT2D eigenvalue weighted by atomic mass is 15.3. The van der Waals surface area contributed by atoms with Gasteiger partial charge in [-0.25, -0.2) is 14.5 Å². The highest BCUT2D eigenvalue weighted by Gasteiger charge is 2.17. The maximum absolute atomic E-state index is 5.74. The first-order valence-electron chi connectivity index (χ1n) is 5.08. The van der Waals surface area contributed by atoms with Crippen LogP contribution in [-0.4, -0.2) is 26.1 Å². The maximum Gasteiger partial charge on any atom is 0.250 e. The number of nitrogens with zero attached hydrogens (tertiary/aromatic N) is 4. The summed E-state index contributed by atoms with van der Waals surface area (Å²) < 4.78 is 1.68. The molecule has 0 saturated carbocycles. The van der Waals surface area contributed by atoms with Crippen molar-refractivity contribution in [2.24, 2.45) is 11.7 Å². The Kier molecular flexibility index (Phi) is 2.64. The Morgan fingerprint density at radius 2 is 2.20 bits per heavy atom. The van der Waals surface area contributed by atoms with E-state index in [-0.39, 0.29) is 5.92 Å². The van der Waals surface area contributed by atoms with E-state index < -0.39 is 0 Å². The molecule has 80 valence electrons. The van der Waals surface area contributed by atoms with Gasteiger partial charge in [0.1, 0.15) is 0 Å². The van der Waals surface area contributed by atoms with Crippen LogP contribution in [0.15, 0.2) is 18.6 Å². The van der Waals surface area contributed by atoms with Crippen LogP contribution in [0.3, 0.4) is 0 Å². The molecule has 2 heterocycles. The first-order chi connectivity index (χ1) is 7.22. The highest BCUT2D eigenvalue weighted by Crippen LogP contribution is 2.21. The van der Waals surface area contributed by atoms with Crippen LogP contribution in [0.1, 0.15) is 25.5 Å². The topological polar surface area (TPSA) is 69.1 Å². The largest absolute Gasteiger partial charge is 0.330 e. The van der Waals surface area contributed by atoms with Crippen molar-refractivity contribution in [1.82, 2.24) is 19.6 Å². The van der Waals surface area contributed by atoms with Crippen LogP contribution in [0, 0.1) is 5.92 Å². The van der Waals surface area contributed by atoms with Gasteiger partial charge in [0.05, 0.1) is 24.3 Å². The van der Waals surface area contributed by atoms with Crippen molar-refractivity contribution in [2.75, 3.05) is 6.54 Å². The molecule has 0 bridgehead atoms. The van der Waals surface area contributed by atoms with E-state index in [4.69, 9.17) is 5.73 Å². The fraction of sp³-hybridized carbons (Fsp3) is 0.500. The molecule has 0 aliphatic rings. The van der Waals surface area contributed by atoms with E-state index in [0.717, 1.165) is 5.69 Å². The average molecular weight is 205 g/mol. The van der Waals surface area contributed by atoms with E-state index >= 15 is 0 Å². The predicted molar refractivity (Wildman–Crippen MR) is 57.4 cm³/mol. The fourth-order valence-electron chi connectivity index (χ4n) is 1.67. The standard InChI is InChI=1S/C10H15N5/c1-7(2)8(5-11)9-6-15-10(14-9)12-3-4-13-15/h3-4,6-8H,5,11H2,1-2H3. The number of hydrogen-bond acceptors (Lipinski definition) is 4. The Morgan fingerprint density at radius 1 is 1.40 bits per heavy atom. The summed E-state index contributed by atoms with van der Waals surface area (Å²) >= 11 is 0. The van der Waals surface area contributed by atoms with Gasteiger partial charge in [-0.3, -0.25) is 0 Å². The van der Waals surface area contributed by atoms with Gasteiger partial charge >= 0.3 is 0 Å². The van der Waals surface area contributed by atoms with Gasteiger partial charge in [0.15, 0.2) is 0 Å². The minimum atomic E-state index is 0.272. The molecule has 0 amide bonds. The highest BCUT2D eigenvalue weighted by molar-refractivity contribution is 5.29. The minimum absolute atomic E-state index is 0.272. The molecule has 2 N–H and O–H groups in total. The summed E-state index contributed by atoms with van der Waals surface area (Å²) in [6, 6.07) is 0. The van der Waals surface area contributed by atoms with Gasteiger partial charge in [0.25, 0.3) is 5.78 Å². The second-order valence-corrected chi connectivity index (χ2v) is 3.94. The van der Waals surface area contributed by atoms with Gasteiger partial charge in [-0.2, -0.15) is 5.10 Å². The normalized spacial score (nSPS) is 13.6. The van der Waals surface area contributed by atoms with Gasteiger partial charge < -0.3 is 5.73 Å². The van der Waals surface area contributed by atoms with Gasteiger partial charge in [0, 0.05) is 12.5 Å². The lowest BCUT2D eigenvalue weighted by Crippen LogP contribution is -2.18. The number of hydrogen-bond donors (Lipinski definition) is 1. The summed E-state index contributed by atoms with van der Waals surface area (Å²) in [5, 5.41) is 4.13. The molecule has 5 heteroatoms. The van der Waals surface area contributed by atoms with Crippen LogP contribution >= 0.6 is 0 Å². The molecular formula is C10H15N5. The summed E-state index contributed by atoms with van der Waals surface area (Å²) in [6.07, 6.45) is 5.18. The van der Waals surface area contributed by atoms with Crippen molar-refractivity contribution < 1.29 is 0 Å². The van der Waals surface area contributed by atoms with Gasteiger partial charge in [-0.05, 0) is 5.92 Å². The summed E-state index contributed by atoms with van der Waals surface area (Å²) in [6.45, 7) is 4.88. The van der Waals surface area contributed by atoms with Crippen molar-refractivity contribution in [3.63, 3.8) is 0 Å². The lowest BCUT2D eigenvalue weighted by atomic mass is 9.93. The second kappa shape index (κ2) is 3.94. The molecule has 0 saturated heterocycles. The first-order valence-corrected chi connectivity index (χ1v) is 5.08. The van der Waals surface area contributed by atoms with Crippen molar-refractivity contribution >= 4 is 5.78 Å². The molecule has 2 aromatic rings. The molecule has 1 unspecified atom stereocenters. The zero-order valence-electron chi connectivity index (χ0n) is 8.96. The maximum atomic E-state index is 5.74. The molecule has 0 radical (unpaired) electrons. The van der Waals surface area contributed by atoms with Crippen molar-refractivity contribution in [1.29, 1.82) is 0 Å². The zero-order chi connectivity index (χ0) is 10.8. The molecule has 0 fully saturated rings. The third-order valence-corrected chi connectivity index (χ3v) is 2.57. The fourth-order valence-corrected chi connectivity index (χ4v) is 1.67. The van der Waals surface area contributed by atoms with Gasteiger partial charge in [-0.15, -0.1) is 0 Å². The van der Waals surface area contributed by atoms with Crippen molar-refractivity contribution in [2.45, 2.75) is 19.8 Å². The summed E-state index contributed by atoms with van der Waals surface area (Å²) in [5.74, 6) is 1.38. The van der Waals surface area contributed by atoms with E-state index in [2.05, 4.69) is 28.9 Å². The monoisotopic (exact) mass is 205 g/mol. The Labute approximate surface area is 88.3 Å². The molecule has 2 aromatic heterocycles. The lowest BCUT2D eigenvalue weighted by Gasteiger charge is -2.15. The molecule has 1 atom stereocenters. The SMILES string of the molecule is CC(C)C(CN)c1cn2nccnc2n1. The van der Waals surface area contributed by atoms with Crippen LogP contribution in [-0.2, 0) is 0 Å². The number of nitrogens with two attached hydrogens (primary N) is 1. The number of fused-ring (bicyclic) bond motifs is 1. The first kappa shape index (κ1) is 10.0. The molecule has 5 nitrogen and oxygen atoms in total. The Morgan fingerprint density at radius 3 is 2.80 bits per heavy atom. The third-order valence-electron chi connectivity index (χ3n) is 2.57. The quantitative estimate of drug-likeness (QED) is 0.805. The number of rotatable bonds is 3. The molecule has 15 heavy (non-hydrogen) atoms. The van der Waals surface area contributed by atoms with Crippen LogP contribution < -0.4 is 5.73 Å². The molecule has 0 aliphatic heterocycles. The summed E-state index contributed by atoms with van der Waals surface area (Å²) in [7, 11) is 0. The third kappa shape index (κ3) is 1.83. The average Bonchev–Trinajstić information content (AvgIpc) is 2.61. The van der Waals surface area contributed by atoms with Crippen LogP contribution in [0.25, 0.3) is 5.78 Å². The van der Waals surface area contributed by atoms with Crippen LogP contribution in [0.4, 0.5) is 0 Å². The summed E-state index contributed by atoms with van der Waals surface area (Å²) in [4.78, 5) is 8.54. The predicted octanol–water partition coefficient (Wildman–Crippen LogP) is 0.823. The van der Waals surface area contributed by atoms with E-state index in [1.54, 1.807) is 16.9 Å². The van der Waals surface area contributed by atoms with Crippen LogP contribution in [0.5, 0.6) is 0 Å². The van der Waals surface area contributed by atoms with E-state index in [1.165, 1.54) is 0 Å². The van der Waals surface area contributed by atoms with E-state index in [1.807, 2.05) is 6.20 Å². The van der Waals surface area contributed by atoms with Crippen LogP contribution in [0.2, 0.25) is 0 Å². The van der Waals surface area contributed by atoms with Gasteiger partial charge in [0.2, 0.25) is 0 Å². The summed E-state index contributed by atoms with van der Waals surface area (Å²) in [5.41, 5.74) is 6.71. The van der Waals surface area contributed by atoms with Crippen molar-refractivity contribution in [3.05, 3.63) is 24.3 Å². The Balaban J connectivity index is 2.43. The molecule has 0 aromatic carbocycles. The Bertz CT molecular complexity index is 415. The van der Waals surface area contributed by atoms with E-state index in [0.29, 0.717) is 18.2 Å². The van der Waals surface area contributed by atoms with Gasteiger partial charge in [-0.1, -0.05) is 13.8 Å². The molecule has 2 rings (SSSR count). The smallest absolute Gasteiger partial charge is 0.250 e. The number of aromatic nitrogens is 4. The second-order valence-electron chi connectivity index (χ2n) is 3.94. The zero-order valence-corrected chi connectivity index (χ0v) is 8.96.